The molecule has 0 aliphatic carbocycles. The zero-order valence-corrected chi connectivity index (χ0v) is 24.9. The predicted molar refractivity (Wildman–Crippen MR) is 158 cm³/mol. The molecule has 0 heterocycles. The van der Waals surface area contributed by atoms with Crippen molar-refractivity contribution in [2.24, 2.45) is 0 Å². The first-order valence-corrected chi connectivity index (χ1v) is 14.8. The summed E-state index contributed by atoms with van der Waals surface area (Å²) in [5, 5.41) is 2.91. The lowest BCUT2D eigenvalue weighted by Crippen LogP contribution is -2.53. The van der Waals surface area contributed by atoms with E-state index in [1.807, 2.05) is 58.9 Å². The van der Waals surface area contributed by atoms with E-state index in [1.54, 1.807) is 36.4 Å². The van der Waals surface area contributed by atoms with Gasteiger partial charge in [-0.2, -0.15) is 0 Å². The van der Waals surface area contributed by atoms with Crippen LogP contribution in [0, 0.1) is 13.8 Å². The lowest BCUT2D eigenvalue weighted by atomic mass is 10.1. The molecular weight excluding hydrogens is 526 g/mol. The molecular formula is C31H39N3O5S. The van der Waals surface area contributed by atoms with Gasteiger partial charge in [-0.25, -0.2) is 8.42 Å². The predicted octanol–water partition coefficient (Wildman–Crippen LogP) is 4.84. The number of rotatable bonds is 12. The quantitative estimate of drug-likeness (QED) is 0.339. The highest BCUT2D eigenvalue weighted by Crippen LogP contribution is 2.28. The Balaban J connectivity index is 2.08. The molecule has 3 aromatic carbocycles. The third kappa shape index (κ3) is 7.63. The summed E-state index contributed by atoms with van der Waals surface area (Å²) in [6.07, 6.45) is 0.361. The zero-order chi connectivity index (χ0) is 29.4. The van der Waals surface area contributed by atoms with Gasteiger partial charge in [-0.05, 0) is 63.9 Å². The largest absolute Gasteiger partial charge is 0.497 e. The third-order valence-electron chi connectivity index (χ3n) is 6.48. The van der Waals surface area contributed by atoms with Crippen LogP contribution in [0.25, 0.3) is 0 Å². The molecule has 0 aliphatic heterocycles. The van der Waals surface area contributed by atoms with Crippen molar-refractivity contribution in [2.45, 2.75) is 64.6 Å². The normalized spacial score (nSPS) is 12.1. The SMILES string of the molecule is CC[C@@H](C(=O)NC(C)C)N(Cc1cccc(C)c1)C(=O)CN(c1cccc(OC)c1)S(=O)(=O)c1ccc(C)cc1. The minimum absolute atomic E-state index is 0.0588. The molecule has 2 amide bonds. The summed E-state index contributed by atoms with van der Waals surface area (Å²) in [6.45, 7) is 9.03. The number of hydrogen-bond donors (Lipinski definition) is 1. The smallest absolute Gasteiger partial charge is 0.264 e. The third-order valence-corrected chi connectivity index (χ3v) is 8.27. The van der Waals surface area contributed by atoms with Crippen molar-refractivity contribution in [1.29, 1.82) is 0 Å². The van der Waals surface area contributed by atoms with E-state index in [4.69, 9.17) is 4.74 Å². The second-order valence-electron chi connectivity index (χ2n) is 10.1. The minimum atomic E-state index is -4.15. The summed E-state index contributed by atoms with van der Waals surface area (Å²) in [4.78, 5) is 28.9. The topological polar surface area (TPSA) is 96.0 Å². The van der Waals surface area contributed by atoms with Gasteiger partial charge in [-0.1, -0.05) is 60.5 Å². The summed E-state index contributed by atoms with van der Waals surface area (Å²) < 4.78 is 34.3. The first-order chi connectivity index (χ1) is 19.0. The number of nitrogens with one attached hydrogen (secondary N) is 1. The molecule has 1 N–H and O–H groups in total. The second-order valence-corrected chi connectivity index (χ2v) is 12.0. The van der Waals surface area contributed by atoms with E-state index in [9.17, 15) is 18.0 Å². The lowest BCUT2D eigenvalue weighted by Gasteiger charge is -2.33. The number of carbonyl (C=O) groups is 2. The maximum absolute atomic E-state index is 14.1. The summed E-state index contributed by atoms with van der Waals surface area (Å²) >= 11 is 0. The molecule has 0 fully saturated rings. The molecule has 0 unspecified atom stereocenters. The summed E-state index contributed by atoms with van der Waals surface area (Å²) in [6, 6.07) is 19.8. The van der Waals surface area contributed by atoms with Gasteiger partial charge in [0, 0.05) is 18.7 Å². The van der Waals surface area contributed by atoms with E-state index in [2.05, 4.69) is 5.32 Å². The molecule has 214 valence electrons. The van der Waals surface area contributed by atoms with Crippen LogP contribution in [0.1, 0.15) is 43.9 Å². The fourth-order valence-corrected chi connectivity index (χ4v) is 5.85. The Bertz CT molecular complexity index is 1420. The number of aryl methyl sites for hydroxylation is 2. The number of anilines is 1. The van der Waals surface area contributed by atoms with Crippen LogP contribution in [-0.2, 0) is 26.2 Å². The van der Waals surface area contributed by atoms with Crippen molar-refractivity contribution in [3.8, 4) is 5.75 Å². The monoisotopic (exact) mass is 565 g/mol. The van der Waals surface area contributed by atoms with Gasteiger partial charge >= 0.3 is 0 Å². The summed E-state index contributed by atoms with van der Waals surface area (Å²) in [5.41, 5.74) is 3.06. The average Bonchev–Trinajstić information content (AvgIpc) is 2.91. The van der Waals surface area contributed by atoms with Crippen LogP contribution < -0.4 is 14.4 Å². The fraction of sp³-hybridized carbons (Fsp3) is 0.355. The average molecular weight is 566 g/mol. The Morgan fingerprint density at radius 2 is 1.60 bits per heavy atom. The van der Waals surface area contributed by atoms with Crippen molar-refractivity contribution >= 4 is 27.5 Å². The van der Waals surface area contributed by atoms with Gasteiger partial charge in [0.05, 0.1) is 17.7 Å². The molecule has 3 aromatic rings. The van der Waals surface area contributed by atoms with Crippen LogP contribution in [0.2, 0.25) is 0 Å². The highest BCUT2D eigenvalue weighted by molar-refractivity contribution is 7.92. The number of benzene rings is 3. The van der Waals surface area contributed by atoms with Crippen LogP contribution in [0.15, 0.2) is 77.7 Å². The van der Waals surface area contributed by atoms with Crippen molar-refractivity contribution < 1.29 is 22.7 Å². The van der Waals surface area contributed by atoms with Crippen LogP contribution in [-0.4, -0.2) is 50.9 Å². The van der Waals surface area contributed by atoms with E-state index in [-0.39, 0.29) is 29.1 Å². The number of sulfonamides is 1. The van der Waals surface area contributed by atoms with Crippen molar-refractivity contribution in [1.82, 2.24) is 10.2 Å². The van der Waals surface area contributed by atoms with E-state index >= 15 is 0 Å². The first kappa shape index (κ1) is 30.7. The van der Waals surface area contributed by atoms with Crippen molar-refractivity contribution in [3.05, 3.63) is 89.5 Å². The Kier molecular flexibility index (Phi) is 10.3. The molecule has 3 rings (SSSR count). The summed E-state index contributed by atoms with van der Waals surface area (Å²) in [5.74, 6) is -0.327. The van der Waals surface area contributed by atoms with Crippen molar-refractivity contribution in [3.63, 3.8) is 0 Å². The van der Waals surface area contributed by atoms with Gasteiger partial charge in [-0.15, -0.1) is 0 Å². The second kappa shape index (κ2) is 13.5. The first-order valence-electron chi connectivity index (χ1n) is 13.3. The van der Waals surface area contributed by atoms with Gasteiger partial charge in [0.1, 0.15) is 18.3 Å². The molecule has 0 saturated heterocycles. The zero-order valence-electron chi connectivity index (χ0n) is 24.0. The number of methoxy groups -OCH3 is 1. The molecule has 0 bridgehead atoms. The van der Waals surface area contributed by atoms with E-state index in [0.717, 1.165) is 21.0 Å². The molecule has 0 saturated carbocycles. The molecule has 0 radical (unpaired) electrons. The maximum Gasteiger partial charge on any atom is 0.264 e. The van der Waals surface area contributed by atoms with E-state index in [1.165, 1.54) is 24.1 Å². The fourth-order valence-electron chi connectivity index (χ4n) is 4.44. The van der Waals surface area contributed by atoms with Crippen LogP contribution in [0.5, 0.6) is 5.75 Å². The van der Waals surface area contributed by atoms with Gasteiger partial charge in [0.15, 0.2) is 0 Å². The van der Waals surface area contributed by atoms with Gasteiger partial charge < -0.3 is 15.0 Å². The van der Waals surface area contributed by atoms with Crippen LogP contribution in [0.4, 0.5) is 5.69 Å². The Morgan fingerprint density at radius 1 is 0.925 bits per heavy atom. The van der Waals surface area contributed by atoms with Gasteiger partial charge in [0.25, 0.3) is 10.0 Å². The van der Waals surface area contributed by atoms with E-state index in [0.29, 0.717) is 12.2 Å². The Labute approximate surface area is 238 Å². The Morgan fingerprint density at radius 3 is 2.20 bits per heavy atom. The molecule has 0 aliphatic rings. The maximum atomic E-state index is 14.1. The number of nitrogens with zero attached hydrogens (tertiary/aromatic N) is 2. The Hall–Kier alpha value is -3.85. The number of hydrogen-bond acceptors (Lipinski definition) is 5. The number of amides is 2. The number of carbonyl (C=O) groups excluding carboxylic acids is 2. The molecule has 0 spiro atoms. The van der Waals surface area contributed by atoms with E-state index < -0.39 is 28.5 Å². The lowest BCUT2D eigenvalue weighted by molar-refractivity contribution is -0.140. The number of ether oxygens (including phenoxy) is 1. The van der Waals surface area contributed by atoms with Crippen LogP contribution in [0.3, 0.4) is 0 Å². The minimum Gasteiger partial charge on any atom is -0.497 e. The molecule has 1 atom stereocenters. The highest BCUT2D eigenvalue weighted by atomic mass is 32.2. The molecule has 0 aromatic heterocycles. The van der Waals surface area contributed by atoms with Crippen molar-refractivity contribution in [2.75, 3.05) is 18.0 Å². The van der Waals surface area contributed by atoms with Gasteiger partial charge in [0.2, 0.25) is 11.8 Å². The summed E-state index contributed by atoms with van der Waals surface area (Å²) in [7, 11) is -2.65. The molecule has 8 nitrogen and oxygen atoms in total. The molecule has 9 heteroatoms. The van der Waals surface area contributed by atoms with Gasteiger partial charge in [-0.3, -0.25) is 13.9 Å². The molecule has 40 heavy (non-hydrogen) atoms. The van der Waals surface area contributed by atoms with Crippen LogP contribution >= 0.6 is 0 Å². The standard InChI is InChI=1S/C31H39N3O5S/c1-7-29(31(36)32-22(2)3)33(20-25-11-8-10-24(5)18-25)30(35)21-34(26-12-9-13-27(19-26)39-6)40(37,38)28-16-14-23(4)15-17-28/h8-19,22,29H,7,20-21H2,1-6H3,(H,32,36)/t29-/m0/s1. The highest BCUT2D eigenvalue weighted by Gasteiger charge is 2.34.